The second kappa shape index (κ2) is 16.9. The quantitative estimate of drug-likeness (QED) is 0.0877. The van der Waals surface area contributed by atoms with Gasteiger partial charge in [0, 0.05) is 41.6 Å². The number of hydrazine groups is 1. The number of ether oxygens (including phenoxy) is 3. The van der Waals surface area contributed by atoms with Crippen LogP contribution in [0.4, 0.5) is 0 Å². The van der Waals surface area contributed by atoms with E-state index in [0.29, 0.717) is 44.2 Å². The number of aliphatic imine (C=N–C) groups is 1. The molecule has 1 amide bonds. The van der Waals surface area contributed by atoms with E-state index in [2.05, 4.69) is 26.8 Å². The number of rotatable bonds is 16. The lowest BCUT2D eigenvalue weighted by Crippen LogP contribution is -2.52. The molecular formula is C38H40BrN3O5. The van der Waals surface area contributed by atoms with Crippen LogP contribution in [0, 0.1) is 0 Å². The van der Waals surface area contributed by atoms with Crippen molar-refractivity contribution in [2.45, 2.75) is 37.8 Å². The summed E-state index contributed by atoms with van der Waals surface area (Å²) in [6.45, 7) is 3.51. The molecule has 1 aliphatic heterocycles. The molecule has 0 aromatic heterocycles. The Kier molecular flexibility index (Phi) is 12.2. The van der Waals surface area contributed by atoms with Crippen LogP contribution in [0.1, 0.15) is 48.1 Å². The van der Waals surface area contributed by atoms with E-state index < -0.39 is 11.6 Å². The Morgan fingerprint density at radius 1 is 0.979 bits per heavy atom. The number of hydrogen-bond donors (Lipinski definition) is 3. The van der Waals surface area contributed by atoms with Crippen molar-refractivity contribution >= 4 is 33.8 Å². The Morgan fingerprint density at radius 3 is 2.49 bits per heavy atom. The van der Waals surface area contributed by atoms with Crippen LogP contribution < -0.4 is 20.3 Å². The van der Waals surface area contributed by atoms with Gasteiger partial charge in [0.15, 0.2) is 11.6 Å². The van der Waals surface area contributed by atoms with E-state index in [0.717, 1.165) is 32.5 Å². The smallest absolute Gasteiger partial charge is 0.266 e. The Hall–Kier alpha value is -4.44. The van der Waals surface area contributed by atoms with Crippen LogP contribution in [0.2, 0.25) is 0 Å². The van der Waals surface area contributed by atoms with Crippen LogP contribution in [-0.4, -0.2) is 48.8 Å². The SMILES string of the molecule is CCOc1ccccc1CCNNC(=O)[C@@]1(C/C=C/c2ccccc2)N=C(c2ccc(OCCCO)cc2)O[C@H]1c1ccccc1Br. The number of aliphatic hydroxyl groups is 1. The van der Waals surface area contributed by atoms with Gasteiger partial charge in [0.1, 0.15) is 11.5 Å². The molecule has 4 aromatic carbocycles. The lowest BCUT2D eigenvalue weighted by atomic mass is 9.84. The molecule has 0 aliphatic carbocycles. The summed E-state index contributed by atoms with van der Waals surface area (Å²) in [4.78, 5) is 19.5. The molecule has 8 nitrogen and oxygen atoms in total. The van der Waals surface area contributed by atoms with Gasteiger partial charge < -0.3 is 19.3 Å². The molecular weight excluding hydrogens is 658 g/mol. The predicted molar refractivity (Wildman–Crippen MR) is 188 cm³/mol. The summed E-state index contributed by atoms with van der Waals surface area (Å²) in [5.74, 6) is 1.56. The van der Waals surface area contributed by atoms with Crippen LogP contribution in [0.3, 0.4) is 0 Å². The molecule has 0 unspecified atom stereocenters. The molecule has 47 heavy (non-hydrogen) atoms. The molecule has 5 rings (SSSR count). The highest BCUT2D eigenvalue weighted by molar-refractivity contribution is 9.10. The van der Waals surface area contributed by atoms with Gasteiger partial charge in [-0.05, 0) is 60.9 Å². The van der Waals surface area contributed by atoms with Crippen molar-refractivity contribution in [1.82, 2.24) is 10.9 Å². The molecule has 9 heteroatoms. The summed E-state index contributed by atoms with van der Waals surface area (Å²) in [6, 6.07) is 33.0. The van der Waals surface area contributed by atoms with E-state index in [1.165, 1.54) is 0 Å². The minimum Gasteiger partial charge on any atom is -0.494 e. The van der Waals surface area contributed by atoms with E-state index in [9.17, 15) is 4.79 Å². The molecule has 4 aromatic rings. The molecule has 0 radical (unpaired) electrons. The molecule has 0 saturated carbocycles. The lowest BCUT2D eigenvalue weighted by Gasteiger charge is -2.30. The fourth-order valence-electron chi connectivity index (χ4n) is 5.37. The van der Waals surface area contributed by atoms with Crippen LogP contribution in [0.25, 0.3) is 6.08 Å². The van der Waals surface area contributed by atoms with Crippen molar-refractivity contribution in [2.75, 3.05) is 26.4 Å². The van der Waals surface area contributed by atoms with Crippen LogP contribution in [-0.2, 0) is 16.0 Å². The summed E-state index contributed by atoms with van der Waals surface area (Å²) < 4.78 is 18.9. The zero-order valence-corrected chi connectivity index (χ0v) is 28.0. The van der Waals surface area contributed by atoms with Crippen LogP contribution in [0.15, 0.2) is 119 Å². The first-order chi connectivity index (χ1) is 23.0. The normalized spacial score (nSPS) is 17.3. The van der Waals surface area contributed by atoms with Crippen molar-refractivity contribution in [2.24, 2.45) is 4.99 Å². The highest BCUT2D eigenvalue weighted by Crippen LogP contribution is 2.45. The van der Waals surface area contributed by atoms with E-state index in [1.807, 2.05) is 122 Å². The van der Waals surface area contributed by atoms with Gasteiger partial charge in [-0.3, -0.25) is 10.2 Å². The molecule has 0 spiro atoms. The van der Waals surface area contributed by atoms with Gasteiger partial charge >= 0.3 is 0 Å². The third-order valence-corrected chi connectivity index (χ3v) is 8.47. The number of halogens is 1. The zero-order valence-electron chi connectivity index (χ0n) is 26.4. The summed E-state index contributed by atoms with van der Waals surface area (Å²) in [5, 5.41) is 9.08. The number of carbonyl (C=O) groups excluding carboxylic acids is 1. The monoisotopic (exact) mass is 697 g/mol. The highest BCUT2D eigenvalue weighted by atomic mass is 79.9. The average Bonchev–Trinajstić information content (AvgIpc) is 3.49. The minimum atomic E-state index is -1.34. The number of nitrogens with one attached hydrogen (secondary N) is 2. The Balaban J connectivity index is 1.45. The number of para-hydroxylation sites is 1. The van der Waals surface area contributed by atoms with Crippen molar-refractivity contribution in [1.29, 1.82) is 0 Å². The molecule has 1 aliphatic rings. The number of nitrogens with zero attached hydrogens (tertiary/aromatic N) is 1. The first-order valence-corrected chi connectivity index (χ1v) is 16.6. The number of amides is 1. The fraction of sp³-hybridized carbons (Fsp3) is 0.263. The second-order valence-corrected chi connectivity index (χ2v) is 11.9. The van der Waals surface area contributed by atoms with E-state index in [4.69, 9.17) is 24.3 Å². The average molecular weight is 699 g/mol. The summed E-state index contributed by atoms with van der Waals surface area (Å²) in [6.07, 6.45) is 4.73. The van der Waals surface area contributed by atoms with E-state index in [1.54, 1.807) is 0 Å². The van der Waals surface area contributed by atoms with Crippen molar-refractivity contribution in [3.05, 3.63) is 136 Å². The fourth-order valence-corrected chi connectivity index (χ4v) is 5.87. The molecule has 2 atom stereocenters. The van der Waals surface area contributed by atoms with E-state index in [-0.39, 0.29) is 18.9 Å². The van der Waals surface area contributed by atoms with Crippen molar-refractivity contribution in [3.63, 3.8) is 0 Å². The predicted octanol–water partition coefficient (Wildman–Crippen LogP) is 6.83. The third-order valence-electron chi connectivity index (χ3n) is 7.75. The minimum absolute atomic E-state index is 0.0669. The largest absolute Gasteiger partial charge is 0.494 e. The van der Waals surface area contributed by atoms with Gasteiger partial charge in [0.25, 0.3) is 5.91 Å². The maximum Gasteiger partial charge on any atom is 0.266 e. The summed E-state index contributed by atoms with van der Waals surface area (Å²) in [5.41, 5.74) is 8.36. The topological polar surface area (TPSA) is 101 Å². The molecule has 0 fully saturated rings. The molecule has 1 heterocycles. The highest BCUT2D eigenvalue weighted by Gasteiger charge is 2.53. The maximum atomic E-state index is 14.4. The van der Waals surface area contributed by atoms with Gasteiger partial charge in [-0.1, -0.05) is 94.8 Å². The van der Waals surface area contributed by atoms with Gasteiger partial charge in [0.05, 0.1) is 13.2 Å². The molecule has 0 bridgehead atoms. The summed E-state index contributed by atoms with van der Waals surface area (Å²) in [7, 11) is 0. The number of aliphatic hydroxyl groups excluding tert-OH is 1. The number of hydrogen-bond acceptors (Lipinski definition) is 7. The molecule has 3 N–H and O–H groups in total. The number of benzene rings is 4. The Labute approximate surface area is 284 Å². The first kappa shape index (κ1) is 33.9. The van der Waals surface area contributed by atoms with Gasteiger partial charge in [-0.2, -0.15) is 0 Å². The second-order valence-electron chi connectivity index (χ2n) is 11.0. The van der Waals surface area contributed by atoms with Crippen molar-refractivity contribution < 1.29 is 24.1 Å². The standard InChI is InChI=1S/C38H40BrN3O5/c1-2-45-34-18-9-6-15-29(34)23-25-40-42-37(44)38(24-10-14-28-12-4-3-5-13-28)35(32-16-7-8-17-33(32)39)47-36(41-38)30-19-21-31(22-20-30)46-27-11-26-43/h3-10,12-22,35,40,43H,2,11,23-27H2,1H3,(H,42,44)/b14-10+/t35-,38-/m0/s1. The third kappa shape index (κ3) is 8.68. The summed E-state index contributed by atoms with van der Waals surface area (Å²) >= 11 is 3.69. The van der Waals surface area contributed by atoms with Crippen molar-refractivity contribution in [3.8, 4) is 11.5 Å². The zero-order chi connectivity index (χ0) is 32.9. The first-order valence-electron chi connectivity index (χ1n) is 15.8. The van der Waals surface area contributed by atoms with Gasteiger partial charge in [-0.15, -0.1) is 0 Å². The lowest BCUT2D eigenvalue weighted by molar-refractivity contribution is -0.129. The Bertz CT molecular complexity index is 1660. The van der Waals surface area contributed by atoms with Gasteiger partial charge in [0.2, 0.25) is 5.90 Å². The van der Waals surface area contributed by atoms with Crippen LogP contribution >= 0.6 is 15.9 Å². The molecule has 244 valence electrons. The molecule has 0 saturated heterocycles. The van der Waals surface area contributed by atoms with Gasteiger partial charge in [-0.25, -0.2) is 10.4 Å². The van der Waals surface area contributed by atoms with E-state index >= 15 is 0 Å². The maximum absolute atomic E-state index is 14.4. The number of carbonyl (C=O) groups is 1. The Morgan fingerprint density at radius 2 is 1.72 bits per heavy atom. The van der Waals surface area contributed by atoms with Crippen LogP contribution in [0.5, 0.6) is 11.5 Å².